The molecule has 0 aliphatic rings. The topological polar surface area (TPSA) is 30.5 Å². The quantitative estimate of drug-likeness (QED) is 0.695. The minimum atomic E-state index is 0.672. The Morgan fingerprint density at radius 1 is 1.21 bits per heavy atom. The van der Waals surface area contributed by atoms with Crippen LogP contribution in [0.5, 0.6) is 11.5 Å². The molecule has 3 nitrogen and oxygen atoms in total. The van der Waals surface area contributed by atoms with E-state index in [-0.39, 0.29) is 0 Å². The molecule has 0 amide bonds. The predicted molar refractivity (Wildman–Crippen MR) is 80.4 cm³/mol. The summed E-state index contributed by atoms with van der Waals surface area (Å²) in [4.78, 5) is 0. The summed E-state index contributed by atoms with van der Waals surface area (Å²) in [5, 5.41) is 3.96. The minimum Gasteiger partial charge on any atom is -0.493 e. The molecule has 0 saturated carbocycles. The molecular weight excluding hydrogens is 262 g/mol. The maximum absolute atomic E-state index is 6.10. The molecule has 19 heavy (non-hydrogen) atoms. The number of nitrogens with one attached hydrogen (secondary N) is 1. The first-order valence-corrected chi connectivity index (χ1v) is 7.30. The highest BCUT2D eigenvalue weighted by Crippen LogP contribution is 2.34. The first kappa shape index (κ1) is 16.1. The molecule has 0 spiro atoms. The van der Waals surface area contributed by atoms with Gasteiger partial charge in [0.15, 0.2) is 11.5 Å². The Morgan fingerprint density at radius 2 is 2.00 bits per heavy atom. The normalized spacial score (nSPS) is 10.5. The second kappa shape index (κ2) is 9.05. The number of unbranched alkanes of at least 4 members (excludes halogenated alkanes) is 2. The second-order valence-electron chi connectivity index (χ2n) is 4.43. The first-order chi connectivity index (χ1) is 9.22. The monoisotopic (exact) mass is 285 g/mol. The van der Waals surface area contributed by atoms with Crippen LogP contribution in [0.25, 0.3) is 0 Å². The smallest absolute Gasteiger partial charge is 0.165 e. The van der Waals surface area contributed by atoms with Crippen LogP contribution in [0.2, 0.25) is 5.02 Å². The van der Waals surface area contributed by atoms with Crippen LogP contribution < -0.4 is 14.8 Å². The van der Waals surface area contributed by atoms with Gasteiger partial charge in [0, 0.05) is 23.2 Å². The van der Waals surface area contributed by atoms with Crippen molar-refractivity contribution >= 4 is 11.6 Å². The molecule has 0 aromatic heterocycles. The lowest BCUT2D eigenvalue weighted by molar-refractivity contribution is 0.282. The van der Waals surface area contributed by atoms with Crippen LogP contribution >= 0.6 is 11.6 Å². The van der Waals surface area contributed by atoms with Crippen LogP contribution in [0.15, 0.2) is 12.1 Å². The van der Waals surface area contributed by atoms with E-state index in [1.165, 1.54) is 12.8 Å². The SMILES string of the molecule is CCCCCOc1c(CNCC)cc(Cl)cc1OC. The van der Waals surface area contributed by atoms with Gasteiger partial charge in [-0.05, 0) is 19.0 Å². The van der Waals surface area contributed by atoms with Crippen molar-refractivity contribution in [2.24, 2.45) is 0 Å². The molecular formula is C15H24ClNO2. The van der Waals surface area contributed by atoms with Crippen LogP contribution in [0, 0.1) is 0 Å². The van der Waals surface area contributed by atoms with E-state index in [0.717, 1.165) is 30.8 Å². The lowest BCUT2D eigenvalue weighted by Crippen LogP contribution is -2.13. The molecule has 1 N–H and O–H groups in total. The maximum Gasteiger partial charge on any atom is 0.165 e. The van der Waals surface area contributed by atoms with Crippen LogP contribution in [0.1, 0.15) is 38.7 Å². The number of rotatable bonds is 9. The number of hydrogen-bond donors (Lipinski definition) is 1. The van der Waals surface area contributed by atoms with Crippen molar-refractivity contribution in [2.75, 3.05) is 20.3 Å². The molecule has 4 heteroatoms. The zero-order valence-corrected chi connectivity index (χ0v) is 12.8. The first-order valence-electron chi connectivity index (χ1n) is 6.92. The third-order valence-corrected chi connectivity index (χ3v) is 3.09. The second-order valence-corrected chi connectivity index (χ2v) is 4.87. The van der Waals surface area contributed by atoms with Crippen molar-refractivity contribution in [3.63, 3.8) is 0 Å². The Bertz CT molecular complexity index is 383. The predicted octanol–water partition coefficient (Wildman–Crippen LogP) is 4.03. The molecule has 1 rings (SSSR count). The van der Waals surface area contributed by atoms with Crippen LogP contribution in [-0.4, -0.2) is 20.3 Å². The summed E-state index contributed by atoms with van der Waals surface area (Å²) in [6.45, 7) is 6.61. The molecule has 0 fully saturated rings. The van der Waals surface area contributed by atoms with Crippen molar-refractivity contribution < 1.29 is 9.47 Å². The van der Waals surface area contributed by atoms with Crippen molar-refractivity contribution in [1.29, 1.82) is 0 Å². The third-order valence-electron chi connectivity index (χ3n) is 2.88. The van der Waals surface area contributed by atoms with Gasteiger partial charge in [-0.15, -0.1) is 0 Å². The summed E-state index contributed by atoms with van der Waals surface area (Å²) in [6.07, 6.45) is 3.42. The lowest BCUT2D eigenvalue weighted by Gasteiger charge is -2.16. The summed E-state index contributed by atoms with van der Waals surface area (Å²) < 4.78 is 11.3. The molecule has 108 valence electrons. The zero-order valence-electron chi connectivity index (χ0n) is 12.1. The average Bonchev–Trinajstić information content (AvgIpc) is 2.42. The van der Waals surface area contributed by atoms with E-state index in [4.69, 9.17) is 21.1 Å². The zero-order chi connectivity index (χ0) is 14.1. The van der Waals surface area contributed by atoms with E-state index in [1.807, 2.05) is 6.07 Å². The van der Waals surface area contributed by atoms with Crippen molar-refractivity contribution in [3.8, 4) is 11.5 Å². The Kier molecular flexibility index (Phi) is 7.68. The number of benzene rings is 1. The minimum absolute atomic E-state index is 0.672. The van der Waals surface area contributed by atoms with Gasteiger partial charge >= 0.3 is 0 Å². The summed E-state index contributed by atoms with van der Waals surface area (Å²) in [6, 6.07) is 3.73. The standard InChI is InChI=1S/C15H24ClNO2/c1-4-6-7-8-19-15-12(11-17-5-2)9-13(16)10-14(15)18-3/h9-10,17H,4-8,11H2,1-3H3. The lowest BCUT2D eigenvalue weighted by atomic mass is 10.1. The molecule has 1 aromatic carbocycles. The number of hydrogen-bond acceptors (Lipinski definition) is 3. The molecule has 0 unspecified atom stereocenters. The van der Waals surface area contributed by atoms with Gasteiger partial charge in [0.25, 0.3) is 0 Å². The highest BCUT2D eigenvalue weighted by atomic mass is 35.5. The Balaban J connectivity index is 2.82. The summed E-state index contributed by atoms with van der Waals surface area (Å²) >= 11 is 6.10. The molecule has 0 bridgehead atoms. The van der Waals surface area contributed by atoms with E-state index in [1.54, 1.807) is 13.2 Å². The molecule has 0 aliphatic heterocycles. The van der Waals surface area contributed by atoms with E-state index in [2.05, 4.69) is 19.2 Å². The van der Waals surface area contributed by atoms with Crippen molar-refractivity contribution in [2.45, 2.75) is 39.7 Å². The molecule has 0 radical (unpaired) electrons. The Hall–Kier alpha value is -0.930. The highest BCUT2D eigenvalue weighted by molar-refractivity contribution is 6.30. The Labute approximate surface area is 121 Å². The maximum atomic E-state index is 6.10. The fourth-order valence-corrected chi connectivity index (χ4v) is 2.09. The number of ether oxygens (including phenoxy) is 2. The summed E-state index contributed by atoms with van der Waals surface area (Å²) in [5.41, 5.74) is 1.04. The van der Waals surface area contributed by atoms with Gasteiger partial charge in [-0.25, -0.2) is 0 Å². The fraction of sp³-hybridized carbons (Fsp3) is 0.600. The van der Waals surface area contributed by atoms with Crippen molar-refractivity contribution in [3.05, 3.63) is 22.7 Å². The van der Waals surface area contributed by atoms with Crippen LogP contribution in [-0.2, 0) is 6.54 Å². The van der Waals surface area contributed by atoms with E-state index >= 15 is 0 Å². The largest absolute Gasteiger partial charge is 0.493 e. The summed E-state index contributed by atoms with van der Waals surface area (Å²) in [7, 11) is 1.64. The average molecular weight is 286 g/mol. The van der Waals surface area contributed by atoms with E-state index in [9.17, 15) is 0 Å². The van der Waals surface area contributed by atoms with Gasteiger partial charge in [-0.3, -0.25) is 0 Å². The van der Waals surface area contributed by atoms with Gasteiger partial charge in [-0.2, -0.15) is 0 Å². The van der Waals surface area contributed by atoms with Crippen molar-refractivity contribution in [1.82, 2.24) is 5.32 Å². The number of halogens is 1. The molecule has 0 saturated heterocycles. The molecule has 0 aliphatic carbocycles. The fourth-order valence-electron chi connectivity index (χ4n) is 1.86. The van der Waals surface area contributed by atoms with E-state index in [0.29, 0.717) is 17.4 Å². The van der Waals surface area contributed by atoms with Gasteiger partial charge in [0.1, 0.15) is 0 Å². The molecule has 0 heterocycles. The molecule has 1 aromatic rings. The third kappa shape index (κ3) is 5.29. The van der Waals surface area contributed by atoms with Crippen LogP contribution in [0.3, 0.4) is 0 Å². The Morgan fingerprint density at radius 3 is 2.63 bits per heavy atom. The highest BCUT2D eigenvalue weighted by Gasteiger charge is 2.12. The van der Waals surface area contributed by atoms with Gasteiger partial charge in [-0.1, -0.05) is 38.3 Å². The van der Waals surface area contributed by atoms with Gasteiger partial charge in [0.2, 0.25) is 0 Å². The van der Waals surface area contributed by atoms with E-state index < -0.39 is 0 Å². The van der Waals surface area contributed by atoms with Gasteiger partial charge < -0.3 is 14.8 Å². The van der Waals surface area contributed by atoms with Gasteiger partial charge in [0.05, 0.1) is 13.7 Å². The summed E-state index contributed by atoms with van der Waals surface area (Å²) in [5.74, 6) is 1.51. The van der Waals surface area contributed by atoms with Crippen LogP contribution in [0.4, 0.5) is 0 Å². The molecule has 0 atom stereocenters. The number of methoxy groups -OCH3 is 1.